The fraction of sp³-hybridized carbons (Fsp3) is 0.296. The SMILES string of the molecule is O=C(CCc1cc(C(=O)Nc2cc(CCCCCCN3C(=O)c4ccccc4C3=O)c(OCCCCCCCN3C(=O)c4ccccc4C3=O)c(CCCCCCN3C(=O)c4ccccc4C3=O)c2)n(Cc2ccccc2)c1C#CC(O)(c1ccccc1)c1ccccc1)NO.O=C(O)C(F)(F)F. The number of unbranched alkanes of at least 4 members (excludes halogenated alkanes) is 10. The highest BCUT2D eigenvalue weighted by Gasteiger charge is 2.39. The van der Waals surface area contributed by atoms with E-state index in [1.807, 2.05) is 78.9 Å². The quantitative estimate of drug-likeness (QED) is 0.00865. The zero-order valence-corrected chi connectivity index (χ0v) is 56.7. The van der Waals surface area contributed by atoms with Gasteiger partial charge in [-0.25, -0.2) is 10.3 Å². The van der Waals surface area contributed by atoms with E-state index in [1.165, 1.54) is 14.7 Å². The van der Waals surface area contributed by atoms with Crippen LogP contribution < -0.4 is 15.5 Å². The van der Waals surface area contributed by atoms with Crippen LogP contribution in [0.5, 0.6) is 5.75 Å². The number of nitrogens with zero attached hydrogens (tertiary/aromatic N) is 4. The fourth-order valence-corrected chi connectivity index (χ4v) is 13.0. The number of hydrogen-bond donors (Lipinski definition) is 5. The van der Waals surface area contributed by atoms with Crippen molar-refractivity contribution in [2.24, 2.45) is 0 Å². The number of halogens is 3. The first-order valence-electron chi connectivity index (χ1n) is 34.6. The van der Waals surface area contributed by atoms with Crippen LogP contribution in [0.1, 0.15) is 202 Å². The zero-order chi connectivity index (χ0) is 73.0. The molecule has 3 aliphatic heterocycles. The molecule has 0 saturated heterocycles. The van der Waals surface area contributed by atoms with E-state index in [-0.39, 0.29) is 60.5 Å². The number of carboxylic acid groups (broad SMARTS) is 1. The summed E-state index contributed by atoms with van der Waals surface area (Å²) in [6, 6.07) is 54.1. The Balaban J connectivity index is 0.00000155. The maximum absolute atomic E-state index is 15.4. The molecule has 0 spiro atoms. The molecule has 8 amide bonds. The van der Waals surface area contributed by atoms with Crippen LogP contribution in [-0.2, 0) is 41.0 Å². The van der Waals surface area contributed by atoms with E-state index >= 15 is 4.79 Å². The lowest BCUT2D eigenvalue weighted by Gasteiger charge is -2.23. The van der Waals surface area contributed by atoms with Gasteiger partial charge in [0.25, 0.3) is 41.4 Å². The lowest BCUT2D eigenvalue weighted by molar-refractivity contribution is -0.192. The minimum absolute atomic E-state index is 0.0837. The van der Waals surface area contributed by atoms with Crippen LogP contribution >= 0.6 is 0 Å². The molecule has 0 atom stereocenters. The third-order valence-electron chi connectivity index (χ3n) is 18.4. The van der Waals surface area contributed by atoms with Crippen LogP contribution in [0.3, 0.4) is 0 Å². The third kappa shape index (κ3) is 18.3. The number of benzene rings is 7. The number of nitrogens with one attached hydrogen (secondary N) is 2. The van der Waals surface area contributed by atoms with Gasteiger partial charge in [0, 0.05) is 49.4 Å². The van der Waals surface area contributed by atoms with Crippen LogP contribution in [0.2, 0.25) is 0 Å². The highest BCUT2D eigenvalue weighted by Crippen LogP contribution is 2.35. The molecule has 11 rings (SSSR count). The van der Waals surface area contributed by atoms with Crippen LogP contribution in [0.15, 0.2) is 182 Å². The van der Waals surface area contributed by atoms with Crippen molar-refractivity contribution < 1.29 is 76.5 Å². The van der Waals surface area contributed by atoms with Crippen LogP contribution in [0.4, 0.5) is 18.9 Å². The largest absolute Gasteiger partial charge is 0.493 e. The normalized spacial score (nSPS) is 13.1. The van der Waals surface area contributed by atoms with Crippen LogP contribution in [0, 0.1) is 11.8 Å². The first-order valence-corrected chi connectivity index (χ1v) is 34.6. The molecular weight excluding hydrogens is 1320 g/mol. The summed E-state index contributed by atoms with van der Waals surface area (Å²) in [6.45, 7) is 1.51. The second-order valence-electron chi connectivity index (χ2n) is 25.5. The molecule has 7 aromatic carbocycles. The van der Waals surface area contributed by atoms with E-state index in [1.54, 1.807) is 113 Å². The minimum atomic E-state index is -5.08. The maximum Gasteiger partial charge on any atom is 0.490 e. The molecule has 22 heteroatoms. The van der Waals surface area contributed by atoms with Crippen molar-refractivity contribution in [3.05, 3.63) is 260 Å². The predicted molar refractivity (Wildman–Crippen MR) is 377 cm³/mol. The summed E-state index contributed by atoms with van der Waals surface area (Å²) in [5, 5.41) is 32.7. The third-order valence-corrected chi connectivity index (χ3v) is 18.4. The van der Waals surface area contributed by atoms with E-state index in [9.17, 15) is 57.0 Å². The van der Waals surface area contributed by atoms with Crippen molar-refractivity contribution >= 4 is 58.9 Å². The van der Waals surface area contributed by atoms with E-state index < -0.39 is 29.6 Å². The number of carbonyl (C=O) groups is 9. The monoisotopic (exact) mass is 1400 g/mol. The molecule has 8 aromatic rings. The Morgan fingerprint density at radius 3 is 1.23 bits per heavy atom. The lowest BCUT2D eigenvalue weighted by Crippen LogP contribution is -2.30. The van der Waals surface area contributed by atoms with Crippen molar-refractivity contribution in [1.29, 1.82) is 0 Å². The van der Waals surface area contributed by atoms with E-state index in [2.05, 4.69) is 17.2 Å². The number of ether oxygens (including phenoxy) is 1. The minimum Gasteiger partial charge on any atom is -0.493 e. The number of aliphatic carboxylic acids is 1. The van der Waals surface area contributed by atoms with Crippen molar-refractivity contribution in [3.63, 3.8) is 0 Å². The Hall–Kier alpha value is -11.3. The summed E-state index contributed by atoms with van der Waals surface area (Å²) in [5.41, 5.74) is 7.79. The standard InChI is InChI=1S/C79H78N6O11.C2HF3O2/c86-70(81-95)44-43-56-53-69(85(54-55-29-11-8-12-30-55)68(56)45-46-79(94,59-33-15-9-16-34-59)60-35-17-10-18-36-60)72(87)80-61-51-57(31-13-2-5-26-48-83-75(90)64-39-21-22-40-65(64)76(83)91)71(96-50-28-7-1-4-25-47-82-73(88)62-37-19-20-38-63(62)74(82)89)58(52-61)32-14-3-6-27-49-84-77(92)66-41-23-24-42-67(66)78(84)93;3-2(4,5)1(6)7/h8-12,15-24,29-30,33-42,51-53,94-95H,1-7,13-14,25-28,31-32,43-44,47-50,54H2,(H,80,87)(H,81,86);(H,6,7). The summed E-state index contributed by atoms with van der Waals surface area (Å²) in [5.74, 6) is 1.70. The Labute approximate surface area is 594 Å². The molecule has 5 N–H and O–H groups in total. The number of rotatable bonds is 32. The molecule has 0 radical (unpaired) electrons. The molecule has 19 nitrogen and oxygen atoms in total. The molecule has 0 fully saturated rings. The summed E-state index contributed by atoms with van der Waals surface area (Å²) in [4.78, 5) is 120. The van der Waals surface area contributed by atoms with Gasteiger partial charge in [-0.1, -0.05) is 178 Å². The summed E-state index contributed by atoms with van der Waals surface area (Å²) < 4.78 is 40.4. The second-order valence-corrected chi connectivity index (χ2v) is 25.5. The first kappa shape index (κ1) is 74.4. The molecule has 0 unspecified atom stereocenters. The number of alkyl halides is 3. The van der Waals surface area contributed by atoms with E-state index in [0.717, 1.165) is 73.8 Å². The Morgan fingerprint density at radius 1 is 0.466 bits per heavy atom. The number of imide groups is 3. The second kappa shape index (κ2) is 34.9. The number of carboxylic acids is 1. The average Bonchev–Trinajstić information content (AvgIpc) is 1.78. The molecular formula is C81H79F3N6O13. The van der Waals surface area contributed by atoms with Crippen LogP contribution in [0.25, 0.3) is 0 Å². The number of amides is 8. The van der Waals surface area contributed by atoms with Gasteiger partial charge in [0.05, 0.1) is 45.7 Å². The molecule has 4 heterocycles. The topological polar surface area (TPSA) is 262 Å². The fourth-order valence-electron chi connectivity index (χ4n) is 13.0. The van der Waals surface area contributed by atoms with Gasteiger partial charge in [-0.3, -0.25) is 58.3 Å². The maximum atomic E-state index is 15.4. The van der Waals surface area contributed by atoms with Gasteiger partial charge >= 0.3 is 12.1 Å². The van der Waals surface area contributed by atoms with Gasteiger partial charge in [-0.05, 0) is 141 Å². The lowest BCUT2D eigenvalue weighted by atomic mass is 9.86. The smallest absolute Gasteiger partial charge is 0.490 e. The van der Waals surface area contributed by atoms with Gasteiger partial charge < -0.3 is 24.8 Å². The summed E-state index contributed by atoms with van der Waals surface area (Å²) in [7, 11) is 0. The van der Waals surface area contributed by atoms with Crippen molar-refractivity contribution in [2.75, 3.05) is 31.6 Å². The van der Waals surface area contributed by atoms with E-state index in [4.69, 9.17) is 14.6 Å². The Kier molecular flexibility index (Phi) is 25.2. The van der Waals surface area contributed by atoms with E-state index in [0.29, 0.717) is 133 Å². The number of hydroxylamine groups is 1. The van der Waals surface area contributed by atoms with Gasteiger partial charge in [-0.15, -0.1) is 0 Å². The summed E-state index contributed by atoms with van der Waals surface area (Å²) in [6.07, 6.45) is 5.53. The number of aliphatic hydroxyl groups is 1. The summed E-state index contributed by atoms with van der Waals surface area (Å²) >= 11 is 0. The molecule has 0 bridgehead atoms. The average molecular weight is 1400 g/mol. The van der Waals surface area contributed by atoms with Crippen molar-refractivity contribution in [3.8, 4) is 17.6 Å². The van der Waals surface area contributed by atoms with Crippen molar-refractivity contribution in [2.45, 2.75) is 127 Å². The highest BCUT2D eigenvalue weighted by molar-refractivity contribution is 6.22. The molecule has 0 saturated carbocycles. The molecule has 103 heavy (non-hydrogen) atoms. The predicted octanol–water partition coefficient (Wildman–Crippen LogP) is 13.6. The Bertz CT molecular complexity index is 4240. The number of fused-ring (bicyclic) bond motifs is 3. The highest BCUT2D eigenvalue weighted by atomic mass is 19.4. The first-order chi connectivity index (χ1) is 49.8. The molecule has 532 valence electrons. The van der Waals surface area contributed by atoms with Crippen LogP contribution in [-0.4, -0.2) is 120 Å². The molecule has 3 aliphatic rings. The number of anilines is 1. The van der Waals surface area contributed by atoms with Gasteiger partial charge in [0.1, 0.15) is 11.4 Å². The van der Waals surface area contributed by atoms with Gasteiger partial charge in [0.2, 0.25) is 5.91 Å². The zero-order valence-electron chi connectivity index (χ0n) is 56.7. The molecule has 1 aromatic heterocycles. The number of aromatic nitrogens is 1. The molecule has 0 aliphatic carbocycles. The van der Waals surface area contributed by atoms with Gasteiger partial charge in [0.15, 0.2) is 5.60 Å². The Morgan fingerprint density at radius 2 is 0.835 bits per heavy atom. The number of hydrogen-bond acceptors (Lipinski definition) is 12. The number of carbonyl (C=O) groups excluding carboxylic acids is 8. The van der Waals surface area contributed by atoms with Gasteiger partial charge in [-0.2, -0.15) is 13.2 Å². The van der Waals surface area contributed by atoms with Crippen molar-refractivity contribution in [1.82, 2.24) is 24.7 Å². The number of aryl methyl sites for hydroxylation is 3.